The van der Waals surface area contributed by atoms with E-state index in [0.29, 0.717) is 6.42 Å². The van der Waals surface area contributed by atoms with Crippen LogP contribution in [0.5, 0.6) is 0 Å². The molecule has 3 saturated carbocycles. The molecule has 35 heavy (non-hydrogen) atoms. The van der Waals surface area contributed by atoms with Crippen LogP contribution in [0.1, 0.15) is 79.6 Å². The number of esters is 2. The standard InChI is InChI=1S/C27H38O6S2/c1-7-25(4)17-8-11-26(5)18(9-12-27(26)13-10-20(30)33-27)22(17)24(35-16(3)29)23(34-15(2)28)19(25)14-21(31)32-6/h14,17-18,22-24H,7-13H2,1-6H3/b19-14-/t17-,18-,22+,23-,24-,25+,26-,27+/m0/s1. The fourth-order valence-corrected chi connectivity index (χ4v) is 10.8. The van der Waals surface area contributed by atoms with Crippen LogP contribution in [0.15, 0.2) is 11.6 Å². The number of fused-ring (bicyclic) bond motifs is 4. The van der Waals surface area contributed by atoms with Crippen molar-refractivity contribution >= 4 is 45.7 Å². The molecule has 3 aliphatic carbocycles. The van der Waals surface area contributed by atoms with Crippen LogP contribution in [0.4, 0.5) is 0 Å². The third-order valence-electron chi connectivity index (χ3n) is 9.93. The van der Waals surface area contributed by atoms with Crippen molar-refractivity contribution in [1.82, 2.24) is 0 Å². The summed E-state index contributed by atoms with van der Waals surface area (Å²) in [5, 5.41) is -0.439. The number of rotatable bonds is 4. The van der Waals surface area contributed by atoms with Crippen LogP contribution < -0.4 is 0 Å². The zero-order valence-corrected chi connectivity index (χ0v) is 23.3. The number of carbonyl (C=O) groups is 4. The first-order chi connectivity index (χ1) is 16.4. The fourth-order valence-electron chi connectivity index (χ4n) is 8.15. The molecule has 1 aliphatic heterocycles. The summed E-state index contributed by atoms with van der Waals surface area (Å²) >= 11 is 2.57. The van der Waals surface area contributed by atoms with Crippen molar-refractivity contribution in [2.24, 2.45) is 28.6 Å². The number of hydrogen-bond acceptors (Lipinski definition) is 8. The molecule has 194 valence electrons. The van der Waals surface area contributed by atoms with Crippen molar-refractivity contribution < 1.29 is 28.7 Å². The maximum atomic E-state index is 12.6. The highest BCUT2D eigenvalue weighted by Crippen LogP contribution is 2.71. The maximum Gasteiger partial charge on any atom is 0.330 e. The van der Waals surface area contributed by atoms with Gasteiger partial charge in [-0.25, -0.2) is 4.79 Å². The van der Waals surface area contributed by atoms with Gasteiger partial charge in [0.2, 0.25) is 0 Å². The molecule has 0 bridgehead atoms. The van der Waals surface area contributed by atoms with Crippen LogP contribution in [-0.2, 0) is 28.7 Å². The Balaban J connectivity index is 1.87. The molecule has 6 nitrogen and oxygen atoms in total. The number of carbonyl (C=O) groups excluding carboxylic acids is 4. The molecule has 8 atom stereocenters. The first-order valence-electron chi connectivity index (χ1n) is 12.8. The summed E-state index contributed by atoms with van der Waals surface area (Å²) in [6.07, 6.45) is 7.37. The first kappa shape index (κ1) is 26.8. The van der Waals surface area contributed by atoms with Crippen LogP contribution in [0.3, 0.4) is 0 Å². The van der Waals surface area contributed by atoms with Crippen LogP contribution in [-0.4, -0.2) is 45.4 Å². The van der Waals surface area contributed by atoms with Crippen LogP contribution in [0, 0.1) is 28.6 Å². The third kappa shape index (κ3) is 4.20. The van der Waals surface area contributed by atoms with Crippen molar-refractivity contribution in [3.05, 3.63) is 11.6 Å². The average molecular weight is 523 g/mol. The Kier molecular flexibility index (Phi) is 7.30. The predicted octanol–water partition coefficient (Wildman–Crippen LogP) is 5.33. The van der Waals surface area contributed by atoms with E-state index in [1.807, 2.05) is 0 Å². The van der Waals surface area contributed by atoms with Gasteiger partial charge in [-0.15, -0.1) is 0 Å². The normalized spacial score (nSPS) is 43.5. The molecule has 8 heteroatoms. The molecule has 0 aromatic rings. The maximum absolute atomic E-state index is 12.6. The van der Waals surface area contributed by atoms with E-state index in [1.165, 1.54) is 30.6 Å². The van der Waals surface area contributed by atoms with E-state index in [0.717, 1.165) is 44.1 Å². The second-order valence-corrected chi connectivity index (χ2v) is 13.9. The fraction of sp³-hybridized carbons (Fsp3) is 0.778. The Hall–Kier alpha value is -1.28. The number of thioether (sulfide) groups is 2. The summed E-state index contributed by atoms with van der Waals surface area (Å²) in [5.74, 6) is 0.202. The minimum Gasteiger partial charge on any atom is -0.466 e. The quantitative estimate of drug-likeness (QED) is 0.362. The van der Waals surface area contributed by atoms with Gasteiger partial charge in [-0.05, 0) is 67.3 Å². The summed E-state index contributed by atoms with van der Waals surface area (Å²) in [7, 11) is 1.37. The first-order valence-corrected chi connectivity index (χ1v) is 14.5. The third-order valence-corrected chi connectivity index (χ3v) is 12.4. The van der Waals surface area contributed by atoms with E-state index >= 15 is 0 Å². The van der Waals surface area contributed by atoms with Gasteiger partial charge in [-0.2, -0.15) is 0 Å². The SMILES string of the molecule is CC[C@@]1(C)/C(=C\C(=O)OC)[C@H](SC(C)=O)[C@@H](SC(C)=O)[C@@H]2[C@@H]1CC[C@@]1(C)[C@H]2CC[C@@]12CCC(=O)O2. The highest BCUT2D eigenvalue weighted by atomic mass is 32.2. The zero-order valence-electron chi connectivity index (χ0n) is 21.7. The molecule has 1 spiro atoms. The number of hydrogen-bond donors (Lipinski definition) is 0. The molecule has 0 aromatic heterocycles. The average Bonchev–Trinajstić information content (AvgIpc) is 3.32. The van der Waals surface area contributed by atoms with E-state index in [1.54, 1.807) is 19.9 Å². The van der Waals surface area contributed by atoms with Crippen molar-refractivity contribution in [2.75, 3.05) is 7.11 Å². The summed E-state index contributed by atoms with van der Waals surface area (Å²) < 4.78 is 11.1. The van der Waals surface area contributed by atoms with E-state index in [4.69, 9.17) is 9.47 Å². The summed E-state index contributed by atoms with van der Waals surface area (Å²) in [5.41, 5.74) is 0.0535. The minimum atomic E-state index is -0.419. The van der Waals surface area contributed by atoms with Gasteiger partial charge in [0, 0.05) is 42.3 Å². The molecule has 0 N–H and O–H groups in total. The predicted molar refractivity (Wildman–Crippen MR) is 138 cm³/mol. The summed E-state index contributed by atoms with van der Waals surface area (Å²) in [4.78, 5) is 49.9. The second-order valence-electron chi connectivity index (χ2n) is 11.3. The molecular formula is C27H38O6S2. The minimum absolute atomic E-state index is 0.0210. The van der Waals surface area contributed by atoms with Crippen molar-refractivity contribution in [2.45, 2.75) is 95.7 Å². The van der Waals surface area contributed by atoms with E-state index in [9.17, 15) is 19.2 Å². The summed E-state index contributed by atoms with van der Waals surface area (Å²) in [6, 6.07) is 0. The molecule has 4 fully saturated rings. The lowest BCUT2D eigenvalue weighted by molar-refractivity contribution is -0.167. The Morgan fingerprint density at radius 3 is 2.26 bits per heavy atom. The van der Waals surface area contributed by atoms with Gasteiger partial charge in [0.25, 0.3) is 0 Å². The second kappa shape index (κ2) is 9.55. The van der Waals surface area contributed by atoms with Crippen LogP contribution in [0.25, 0.3) is 0 Å². The van der Waals surface area contributed by atoms with Gasteiger partial charge < -0.3 is 9.47 Å². The molecule has 4 rings (SSSR count). The van der Waals surface area contributed by atoms with Gasteiger partial charge in [-0.3, -0.25) is 14.4 Å². The highest BCUT2D eigenvalue weighted by molar-refractivity contribution is 8.17. The zero-order chi connectivity index (χ0) is 25.8. The number of ether oxygens (including phenoxy) is 2. The van der Waals surface area contributed by atoms with Gasteiger partial charge in [-0.1, -0.05) is 44.3 Å². The van der Waals surface area contributed by atoms with E-state index < -0.39 is 11.6 Å². The summed E-state index contributed by atoms with van der Waals surface area (Å²) in [6.45, 7) is 9.82. The van der Waals surface area contributed by atoms with Crippen molar-refractivity contribution in [1.29, 1.82) is 0 Å². The molecule has 1 saturated heterocycles. The monoisotopic (exact) mass is 522 g/mol. The van der Waals surface area contributed by atoms with Crippen molar-refractivity contribution in [3.63, 3.8) is 0 Å². The number of methoxy groups -OCH3 is 1. The van der Waals surface area contributed by atoms with E-state index in [2.05, 4.69) is 20.8 Å². The molecule has 1 heterocycles. The van der Waals surface area contributed by atoms with Gasteiger partial charge in [0.15, 0.2) is 10.2 Å². The lowest BCUT2D eigenvalue weighted by atomic mass is 9.47. The van der Waals surface area contributed by atoms with E-state index in [-0.39, 0.29) is 55.3 Å². The molecule has 0 radical (unpaired) electrons. The topological polar surface area (TPSA) is 86.7 Å². The van der Waals surface area contributed by atoms with Crippen molar-refractivity contribution in [3.8, 4) is 0 Å². The van der Waals surface area contributed by atoms with Crippen LogP contribution in [0.2, 0.25) is 0 Å². The highest BCUT2D eigenvalue weighted by Gasteiger charge is 2.69. The lowest BCUT2D eigenvalue weighted by Gasteiger charge is -2.62. The Morgan fingerprint density at radius 1 is 1.06 bits per heavy atom. The van der Waals surface area contributed by atoms with Crippen LogP contribution >= 0.6 is 23.5 Å². The van der Waals surface area contributed by atoms with Gasteiger partial charge in [0.05, 0.1) is 7.11 Å². The Morgan fingerprint density at radius 2 is 1.71 bits per heavy atom. The Labute approximate surface area is 217 Å². The smallest absolute Gasteiger partial charge is 0.330 e. The van der Waals surface area contributed by atoms with Gasteiger partial charge in [0.1, 0.15) is 5.60 Å². The lowest BCUT2D eigenvalue weighted by Crippen LogP contribution is -2.60. The molecule has 0 aromatic carbocycles. The molecule has 0 unspecified atom stereocenters. The largest absolute Gasteiger partial charge is 0.466 e. The Bertz CT molecular complexity index is 961. The molecule has 4 aliphatic rings. The molecular weight excluding hydrogens is 484 g/mol. The molecule has 0 amide bonds. The van der Waals surface area contributed by atoms with Gasteiger partial charge >= 0.3 is 11.9 Å².